The number of rotatable bonds is 1. The average molecular weight is 247 g/mol. The van der Waals surface area contributed by atoms with E-state index in [0.29, 0.717) is 0 Å². The molecule has 1 aromatic carbocycles. The van der Waals surface area contributed by atoms with Gasteiger partial charge < -0.3 is 5.73 Å². The molecule has 1 radical (unpaired) electrons. The van der Waals surface area contributed by atoms with E-state index in [4.69, 9.17) is 19.7 Å². The van der Waals surface area contributed by atoms with E-state index in [0.717, 1.165) is 0 Å². The molecule has 0 aliphatic rings. The quantitative estimate of drug-likeness (QED) is 0.452. The van der Waals surface area contributed by atoms with Crippen LogP contribution in [0, 0.1) is 20.0 Å². The van der Waals surface area contributed by atoms with Crippen LogP contribution in [0.2, 0.25) is 0 Å². The Morgan fingerprint density at radius 1 is 1.00 bits per heavy atom. The van der Waals surface area contributed by atoms with Gasteiger partial charge in [-0.25, -0.2) is 12.1 Å². The third-order valence-corrected chi connectivity index (χ3v) is 1.21. The molecule has 1 rings (SSSR count). The summed E-state index contributed by atoms with van der Waals surface area (Å²) in [6, 6.07) is 8.25. The van der Waals surface area contributed by atoms with E-state index in [-0.39, 0.29) is 23.1 Å². The minimum Gasteiger partial charge on any atom is 0 e. The molecule has 0 heterocycles. The summed E-state index contributed by atoms with van der Waals surface area (Å²) in [6.07, 6.45) is 0. The van der Waals surface area contributed by atoms with Crippen molar-refractivity contribution in [2.45, 2.75) is 13.0 Å². The van der Waals surface area contributed by atoms with Gasteiger partial charge in [0.1, 0.15) is 0 Å². The minimum absolute atomic E-state index is 0. The van der Waals surface area contributed by atoms with Crippen LogP contribution in [0.5, 0.6) is 0 Å². The summed E-state index contributed by atoms with van der Waals surface area (Å²) in [4.78, 5) is 0. The number of nitrogens with two attached hydrogens (primary N) is 1. The first kappa shape index (κ1) is 23.7. The van der Waals surface area contributed by atoms with Crippen molar-refractivity contribution in [3.05, 3.63) is 49.8 Å². The number of hydrogen-bond donors (Lipinski definition) is 1. The van der Waals surface area contributed by atoms with Gasteiger partial charge in [0.15, 0.2) is 0 Å². The fourth-order valence-electron chi connectivity index (χ4n) is 0.692. The smallest absolute Gasteiger partial charge is 0 e. The Morgan fingerprint density at radius 2 is 1.27 bits per heavy atom. The van der Waals surface area contributed by atoms with E-state index >= 15 is 0 Å². The molecule has 0 fully saturated rings. The molecule has 0 aliphatic heterocycles. The molecule has 1 atom stereocenters. The molecule has 0 spiro atoms. The standard InChI is InChI=1S/C7H10N.3CO.Mn/c1-6(8)7-4-2-3-5-7;3*1-2;/h2-6H,8H2,1H3;;;;/q-1;;;;. The van der Waals surface area contributed by atoms with Crippen LogP contribution in [0.4, 0.5) is 0 Å². The van der Waals surface area contributed by atoms with Crippen LogP contribution in [0.15, 0.2) is 24.3 Å². The predicted molar refractivity (Wildman–Crippen MR) is 46.4 cm³/mol. The van der Waals surface area contributed by atoms with E-state index < -0.39 is 0 Å². The average Bonchev–Trinajstić information content (AvgIpc) is 2.80. The molecule has 81 valence electrons. The first-order chi connectivity index (χ1) is 6.80. The van der Waals surface area contributed by atoms with Crippen LogP contribution in [-0.2, 0) is 31.0 Å². The largest absolute Gasteiger partial charge is 0 e. The van der Waals surface area contributed by atoms with Crippen LogP contribution in [0.25, 0.3) is 0 Å². The maximum absolute atomic E-state index is 7.50. The van der Waals surface area contributed by atoms with Gasteiger partial charge in [0, 0.05) is 17.1 Å². The zero-order valence-corrected chi connectivity index (χ0v) is 9.25. The molecule has 0 amide bonds. The van der Waals surface area contributed by atoms with Gasteiger partial charge >= 0.3 is 33.9 Å². The molecule has 2 N–H and O–H groups in total. The van der Waals surface area contributed by atoms with Crippen LogP contribution in [0.1, 0.15) is 18.5 Å². The Bertz CT molecular complexity index is 235. The molecule has 0 bridgehead atoms. The summed E-state index contributed by atoms with van der Waals surface area (Å²) < 4.78 is 22.5. The summed E-state index contributed by atoms with van der Waals surface area (Å²) in [6.45, 7) is 15.5. The van der Waals surface area contributed by atoms with Crippen molar-refractivity contribution in [2.75, 3.05) is 0 Å². The molecule has 0 saturated heterocycles. The SMILES string of the molecule is CC(N)[c-]1cccc1.[C-]#[O+].[C-]#[O+].[C-]#[O+].[Mn]. The van der Waals surface area contributed by atoms with E-state index in [1.165, 1.54) is 5.56 Å². The van der Waals surface area contributed by atoms with Crippen molar-refractivity contribution in [2.24, 2.45) is 5.73 Å². The zero-order chi connectivity index (χ0) is 12.0. The third-order valence-electron chi connectivity index (χ3n) is 1.21. The summed E-state index contributed by atoms with van der Waals surface area (Å²) in [5.74, 6) is 0. The fraction of sp³-hybridized carbons (Fsp3) is 0.200. The normalized spacial score (nSPS) is 7.73. The van der Waals surface area contributed by atoms with Crippen LogP contribution < -0.4 is 5.73 Å². The Kier molecular flexibility index (Phi) is 36.5. The second-order valence-electron chi connectivity index (χ2n) is 2.01. The summed E-state index contributed by atoms with van der Waals surface area (Å²) in [5, 5.41) is 0. The zero-order valence-electron chi connectivity index (χ0n) is 8.07. The van der Waals surface area contributed by atoms with Gasteiger partial charge in [-0.1, -0.05) is 6.92 Å². The van der Waals surface area contributed by atoms with E-state index in [1.54, 1.807) is 0 Å². The van der Waals surface area contributed by atoms with Crippen molar-refractivity contribution in [3.63, 3.8) is 0 Å². The third kappa shape index (κ3) is 15.8. The predicted octanol–water partition coefficient (Wildman–Crippen LogP) is 1.31. The van der Waals surface area contributed by atoms with Gasteiger partial charge in [0.25, 0.3) is 0 Å². The molecule has 15 heavy (non-hydrogen) atoms. The van der Waals surface area contributed by atoms with E-state index in [2.05, 4.69) is 20.0 Å². The Balaban J connectivity index is -0.0000000755. The minimum atomic E-state index is 0. The molecule has 0 saturated carbocycles. The van der Waals surface area contributed by atoms with Crippen molar-refractivity contribution in [1.29, 1.82) is 0 Å². The molecule has 5 heteroatoms. The summed E-state index contributed by atoms with van der Waals surface area (Å²) >= 11 is 0. The van der Waals surface area contributed by atoms with Crippen molar-refractivity contribution in [3.8, 4) is 0 Å². The Morgan fingerprint density at radius 3 is 1.40 bits per heavy atom. The topological polar surface area (TPSA) is 85.7 Å². The maximum atomic E-state index is 7.50. The molecule has 0 aromatic heterocycles. The van der Waals surface area contributed by atoms with E-state index in [1.807, 2.05) is 31.2 Å². The fourth-order valence-corrected chi connectivity index (χ4v) is 0.692. The van der Waals surface area contributed by atoms with Gasteiger partial charge in [0.05, 0.1) is 0 Å². The van der Waals surface area contributed by atoms with Crippen LogP contribution in [-0.4, -0.2) is 0 Å². The van der Waals surface area contributed by atoms with Gasteiger partial charge in [-0.2, -0.15) is 12.1 Å². The van der Waals surface area contributed by atoms with Gasteiger partial charge in [-0.3, -0.25) is 0 Å². The Labute approximate surface area is 99.8 Å². The van der Waals surface area contributed by atoms with Crippen molar-refractivity contribution < 1.29 is 31.0 Å². The second kappa shape index (κ2) is 23.1. The van der Waals surface area contributed by atoms with Crippen molar-refractivity contribution in [1.82, 2.24) is 0 Å². The molecular weight excluding hydrogens is 237 g/mol. The van der Waals surface area contributed by atoms with Gasteiger partial charge in [-0.05, 0) is 6.04 Å². The number of hydrogen-bond acceptors (Lipinski definition) is 1. The molecule has 1 unspecified atom stereocenters. The second-order valence-corrected chi connectivity index (χ2v) is 2.01. The Hall–Kier alpha value is -0.951. The molecular formula is C10H10MnNO3-. The van der Waals surface area contributed by atoms with Crippen LogP contribution >= 0.6 is 0 Å². The monoisotopic (exact) mass is 247 g/mol. The first-order valence-electron chi connectivity index (χ1n) is 3.39. The molecule has 0 aliphatic carbocycles. The summed E-state index contributed by atoms with van der Waals surface area (Å²) in [7, 11) is 0. The molecule has 1 aromatic rings. The van der Waals surface area contributed by atoms with Crippen molar-refractivity contribution >= 4 is 0 Å². The summed E-state index contributed by atoms with van der Waals surface area (Å²) in [5.41, 5.74) is 6.77. The van der Waals surface area contributed by atoms with Crippen LogP contribution in [0.3, 0.4) is 0 Å². The molecule has 4 nitrogen and oxygen atoms in total. The van der Waals surface area contributed by atoms with E-state index in [9.17, 15) is 0 Å². The van der Waals surface area contributed by atoms with Gasteiger partial charge in [0.2, 0.25) is 0 Å². The first-order valence-corrected chi connectivity index (χ1v) is 3.39. The maximum Gasteiger partial charge on any atom is 0 e. The van der Waals surface area contributed by atoms with Gasteiger partial charge in [-0.15, -0.1) is 5.56 Å².